The van der Waals surface area contributed by atoms with Crippen molar-refractivity contribution in [3.63, 3.8) is 0 Å². The maximum absolute atomic E-state index is 11.0. The van der Waals surface area contributed by atoms with Crippen LogP contribution in [0.15, 0.2) is 0 Å². The fourth-order valence-corrected chi connectivity index (χ4v) is 0.768. The lowest BCUT2D eigenvalue weighted by molar-refractivity contribution is 0.241. The van der Waals surface area contributed by atoms with Crippen LogP contribution in [0.3, 0.4) is 0 Å². The van der Waals surface area contributed by atoms with Crippen LogP contribution in [0.4, 0.5) is 4.79 Å². The standard InChI is InChI=1S/C5H13N3O3S/c1-4(2)12(10,11)8-7-5(9)6-3/h4,8H,1-3H3,(H2,6,7,9). The highest BCUT2D eigenvalue weighted by atomic mass is 32.2. The van der Waals surface area contributed by atoms with Crippen LogP contribution in [-0.2, 0) is 10.0 Å². The molecular weight excluding hydrogens is 182 g/mol. The molecule has 2 amide bonds. The van der Waals surface area contributed by atoms with Gasteiger partial charge in [-0.15, -0.1) is 4.83 Å². The van der Waals surface area contributed by atoms with Crippen molar-refractivity contribution in [1.29, 1.82) is 0 Å². The third-order valence-corrected chi connectivity index (χ3v) is 2.78. The second kappa shape index (κ2) is 4.27. The van der Waals surface area contributed by atoms with Crippen molar-refractivity contribution in [1.82, 2.24) is 15.6 Å². The third kappa shape index (κ3) is 3.54. The van der Waals surface area contributed by atoms with Gasteiger partial charge in [-0.2, -0.15) is 0 Å². The lowest BCUT2D eigenvalue weighted by atomic mass is 10.6. The molecule has 0 bridgehead atoms. The number of hydrogen-bond acceptors (Lipinski definition) is 3. The Labute approximate surface area is 71.7 Å². The zero-order valence-corrected chi connectivity index (χ0v) is 8.03. The van der Waals surface area contributed by atoms with E-state index in [1.165, 1.54) is 20.9 Å². The molecule has 0 saturated heterocycles. The summed E-state index contributed by atoms with van der Waals surface area (Å²) in [6.07, 6.45) is 0. The van der Waals surface area contributed by atoms with Gasteiger partial charge >= 0.3 is 6.03 Å². The molecule has 0 rings (SSSR count). The van der Waals surface area contributed by atoms with E-state index in [1.54, 1.807) is 0 Å². The molecule has 0 saturated carbocycles. The Hall–Kier alpha value is -0.820. The van der Waals surface area contributed by atoms with Gasteiger partial charge in [0, 0.05) is 7.05 Å². The van der Waals surface area contributed by atoms with Gasteiger partial charge in [-0.3, -0.25) is 5.43 Å². The highest BCUT2D eigenvalue weighted by molar-refractivity contribution is 7.90. The predicted octanol–water partition coefficient (Wildman–Crippen LogP) is -0.842. The molecule has 0 heterocycles. The zero-order valence-electron chi connectivity index (χ0n) is 7.21. The summed E-state index contributed by atoms with van der Waals surface area (Å²) in [5.41, 5.74) is 1.97. The van der Waals surface area contributed by atoms with E-state index in [4.69, 9.17) is 0 Å². The Kier molecular flexibility index (Phi) is 3.98. The van der Waals surface area contributed by atoms with Crippen molar-refractivity contribution in [2.45, 2.75) is 19.1 Å². The number of sulfonamides is 1. The van der Waals surface area contributed by atoms with Crippen molar-refractivity contribution < 1.29 is 13.2 Å². The Morgan fingerprint density at radius 2 is 1.83 bits per heavy atom. The molecule has 12 heavy (non-hydrogen) atoms. The second-order valence-electron chi connectivity index (χ2n) is 2.40. The fourth-order valence-electron chi connectivity index (χ4n) is 0.298. The quantitative estimate of drug-likeness (QED) is 0.513. The molecule has 7 heteroatoms. The Morgan fingerprint density at radius 1 is 1.33 bits per heavy atom. The SMILES string of the molecule is CNC(=O)NNS(=O)(=O)C(C)C. The van der Waals surface area contributed by atoms with Gasteiger partial charge in [0.25, 0.3) is 0 Å². The summed E-state index contributed by atoms with van der Waals surface area (Å²) in [4.78, 5) is 12.5. The number of nitrogens with one attached hydrogen (secondary N) is 3. The van der Waals surface area contributed by atoms with Crippen LogP contribution in [0.5, 0.6) is 0 Å². The summed E-state index contributed by atoms with van der Waals surface area (Å²) in [5.74, 6) is 0. The van der Waals surface area contributed by atoms with E-state index in [1.807, 2.05) is 10.3 Å². The summed E-state index contributed by atoms with van der Waals surface area (Å²) >= 11 is 0. The Balaban J connectivity index is 4.02. The first-order valence-corrected chi connectivity index (χ1v) is 4.93. The van der Waals surface area contributed by atoms with E-state index in [0.29, 0.717) is 0 Å². The summed E-state index contributed by atoms with van der Waals surface area (Å²) in [6, 6.07) is -0.598. The minimum absolute atomic E-state index is 0.574. The number of carbonyl (C=O) groups is 1. The highest BCUT2D eigenvalue weighted by Gasteiger charge is 2.15. The second-order valence-corrected chi connectivity index (χ2v) is 4.64. The number of amides is 2. The van der Waals surface area contributed by atoms with Gasteiger partial charge in [-0.1, -0.05) is 0 Å². The maximum atomic E-state index is 11.0. The van der Waals surface area contributed by atoms with Gasteiger partial charge in [-0.05, 0) is 13.8 Å². The summed E-state index contributed by atoms with van der Waals surface area (Å²) in [6.45, 7) is 3.02. The molecule has 0 aliphatic carbocycles. The molecule has 0 aromatic heterocycles. The number of hydrogen-bond donors (Lipinski definition) is 3. The van der Waals surface area contributed by atoms with Gasteiger partial charge in [-0.25, -0.2) is 13.2 Å². The minimum Gasteiger partial charge on any atom is -0.340 e. The molecule has 0 aliphatic heterocycles. The maximum Gasteiger partial charge on any atom is 0.329 e. The van der Waals surface area contributed by atoms with Gasteiger partial charge < -0.3 is 5.32 Å². The van der Waals surface area contributed by atoms with Crippen molar-refractivity contribution in [2.24, 2.45) is 0 Å². The van der Waals surface area contributed by atoms with Crippen LogP contribution >= 0.6 is 0 Å². The van der Waals surface area contributed by atoms with Crippen LogP contribution in [0.1, 0.15) is 13.8 Å². The highest BCUT2D eigenvalue weighted by Crippen LogP contribution is 1.92. The van der Waals surface area contributed by atoms with Crippen molar-refractivity contribution in [3.05, 3.63) is 0 Å². The molecular formula is C5H13N3O3S. The van der Waals surface area contributed by atoms with Gasteiger partial charge in [0.1, 0.15) is 0 Å². The van der Waals surface area contributed by atoms with E-state index < -0.39 is 21.3 Å². The van der Waals surface area contributed by atoms with Crippen LogP contribution < -0.4 is 15.6 Å². The van der Waals surface area contributed by atoms with Crippen molar-refractivity contribution in [2.75, 3.05) is 7.05 Å². The molecule has 0 atom stereocenters. The molecule has 0 aliphatic rings. The molecule has 6 nitrogen and oxygen atoms in total. The van der Waals surface area contributed by atoms with Crippen LogP contribution in [0.25, 0.3) is 0 Å². The number of carbonyl (C=O) groups excluding carboxylic acids is 1. The fraction of sp³-hybridized carbons (Fsp3) is 0.800. The van der Waals surface area contributed by atoms with Gasteiger partial charge in [0.05, 0.1) is 5.25 Å². The lowest BCUT2D eigenvalue weighted by Crippen LogP contribution is -2.47. The zero-order chi connectivity index (χ0) is 9.78. The Morgan fingerprint density at radius 3 is 2.17 bits per heavy atom. The first kappa shape index (κ1) is 11.2. The van der Waals surface area contributed by atoms with Crippen LogP contribution in [-0.4, -0.2) is 26.7 Å². The predicted molar refractivity (Wildman–Crippen MR) is 44.8 cm³/mol. The molecule has 0 radical (unpaired) electrons. The first-order valence-electron chi connectivity index (χ1n) is 3.38. The monoisotopic (exact) mass is 195 g/mol. The van der Waals surface area contributed by atoms with E-state index >= 15 is 0 Å². The molecule has 0 aromatic rings. The molecule has 0 fully saturated rings. The first-order chi connectivity index (χ1) is 5.40. The summed E-state index contributed by atoms with van der Waals surface area (Å²) in [5, 5.41) is 1.63. The number of hydrazine groups is 1. The van der Waals surface area contributed by atoms with Crippen LogP contribution in [0.2, 0.25) is 0 Å². The molecule has 0 spiro atoms. The average Bonchev–Trinajstić information content (AvgIpc) is 2.00. The number of urea groups is 1. The van der Waals surface area contributed by atoms with Crippen molar-refractivity contribution in [3.8, 4) is 0 Å². The normalized spacial score (nSPS) is 11.3. The molecule has 3 N–H and O–H groups in total. The smallest absolute Gasteiger partial charge is 0.329 e. The van der Waals surface area contributed by atoms with Crippen molar-refractivity contribution >= 4 is 16.1 Å². The van der Waals surface area contributed by atoms with E-state index in [0.717, 1.165) is 0 Å². The molecule has 72 valence electrons. The van der Waals surface area contributed by atoms with Gasteiger partial charge in [0.15, 0.2) is 0 Å². The van der Waals surface area contributed by atoms with E-state index in [2.05, 4.69) is 5.32 Å². The molecule has 0 aromatic carbocycles. The summed E-state index contributed by atoms with van der Waals surface area (Å²) < 4.78 is 22.0. The van der Waals surface area contributed by atoms with E-state index in [-0.39, 0.29) is 0 Å². The van der Waals surface area contributed by atoms with Gasteiger partial charge in [0.2, 0.25) is 10.0 Å². The third-order valence-electron chi connectivity index (χ3n) is 1.15. The molecule has 0 unspecified atom stereocenters. The van der Waals surface area contributed by atoms with E-state index in [9.17, 15) is 13.2 Å². The Bertz CT molecular complexity index is 247. The number of rotatable bonds is 3. The summed E-state index contributed by atoms with van der Waals surface area (Å²) in [7, 11) is -2.04. The lowest BCUT2D eigenvalue weighted by Gasteiger charge is -2.09. The largest absolute Gasteiger partial charge is 0.340 e. The van der Waals surface area contributed by atoms with Crippen LogP contribution in [0, 0.1) is 0 Å². The minimum atomic E-state index is -3.43. The average molecular weight is 195 g/mol. The topological polar surface area (TPSA) is 87.3 Å².